The van der Waals surface area contributed by atoms with Crippen molar-refractivity contribution >= 4 is 5.97 Å². The van der Waals surface area contributed by atoms with Crippen LogP contribution in [0.3, 0.4) is 0 Å². The molecule has 2 unspecified atom stereocenters. The molecule has 14 heavy (non-hydrogen) atoms. The molecule has 1 aliphatic heterocycles. The number of esters is 1. The van der Waals surface area contributed by atoms with Gasteiger partial charge in [0.2, 0.25) is 0 Å². The Labute approximate surface area is 85.8 Å². The molecule has 0 radical (unpaired) electrons. The lowest BCUT2D eigenvalue weighted by Crippen LogP contribution is -2.28. The van der Waals surface area contributed by atoms with E-state index in [0.717, 1.165) is 32.5 Å². The second-order valence-electron chi connectivity index (χ2n) is 3.92. The molecule has 82 valence electrons. The van der Waals surface area contributed by atoms with Crippen LogP contribution < -0.4 is 0 Å². The maximum Gasteiger partial charge on any atom is 0.302 e. The first-order valence-electron chi connectivity index (χ1n) is 5.45. The maximum atomic E-state index is 10.6. The number of carbonyl (C=O) groups excluding carboxylic acids is 1. The first-order chi connectivity index (χ1) is 6.74. The summed E-state index contributed by atoms with van der Waals surface area (Å²) in [6.07, 6.45) is 3.26. The molecular weight excluding hydrogens is 180 g/mol. The molecule has 0 aliphatic carbocycles. The molecule has 0 saturated carbocycles. The zero-order chi connectivity index (χ0) is 10.4. The predicted octanol–water partition coefficient (Wildman–Crippen LogP) is 2.00. The van der Waals surface area contributed by atoms with Crippen molar-refractivity contribution in [2.75, 3.05) is 19.8 Å². The van der Waals surface area contributed by atoms with Crippen LogP contribution in [0.25, 0.3) is 0 Å². The average Bonchev–Trinajstić information content (AvgIpc) is 2.18. The van der Waals surface area contributed by atoms with Gasteiger partial charge in [-0.1, -0.05) is 13.3 Å². The lowest BCUT2D eigenvalue weighted by Gasteiger charge is -2.30. The van der Waals surface area contributed by atoms with E-state index in [2.05, 4.69) is 6.92 Å². The fraction of sp³-hybridized carbons (Fsp3) is 0.909. The molecule has 3 nitrogen and oxygen atoms in total. The lowest BCUT2D eigenvalue weighted by atomic mass is 9.84. The van der Waals surface area contributed by atoms with Crippen LogP contribution >= 0.6 is 0 Å². The number of rotatable bonds is 4. The Bertz CT molecular complexity index is 179. The highest BCUT2D eigenvalue weighted by Crippen LogP contribution is 2.27. The Balaban J connectivity index is 2.22. The van der Waals surface area contributed by atoms with Gasteiger partial charge in [0.05, 0.1) is 6.61 Å². The molecule has 1 rings (SSSR count). The zero-order valence-corrected chi connectivity index (χ0v) is 9.12. The third-order valence-electron chi connectivity index (χ3n) is 2.95. The van der Waals surface area contributed by atoms with Crippen molar-refractivity contribution in [1.82, 2.24) is 0 Å². The molecule has 2 atom stereocenters. The maximum absolute atomic E-state index is 10.6. The van der Waals surface area contributed by atoms with Gasteiger partial charge < -0.3 is 9.47 Å². The molecule has 0 spiro atoms. The highest BCUT2D eigenvalue weighted by atomic mass is 16.5. The third kappa shape index (κ3) is 3.66. The standard InChI is InChI=1S/C11H20O3/c1-3-10-8-13-6-4-11(10)5-7-14-9(2)12/h10-11H,3-8H2,1-2H3. The van der Waals surface area contributed by atoms with E-state index >= 15 is 0 Å². The number of hydrogen-bond acceptors (Lipinski definition) is 3. The quantitative estimate of drug-likeness (QED) is 0.651. The normalized spacial score (nSPS) is 27.3. The van der Waals surface area contributed by atoms with Gasteiger partial charge in [-0.05, 0) is 24.7 Å². The van der Waals surface area contributed by atoms with Gasteiger partial charge in [-0.3, -0.25) is 4.79 Å². The minimum Gasteiger partial charge on any atom is -0.466 e. The number of ether oxygens (including phenoxy) is 2. The van der Waals surface area contributed by atoms with Gasteiger partial charge >= 0.3 is 5.97 Å². The third-order valence-corrected chi connectivity index (χ3v) is 2.95. The molecule has 0 bridgehead atoms. The van der Waals surface area contributed by atoms with E-state index < -0.39 is 0 Å². The van der Waals surface area contributed by atoms with Crippen LogP contribution in [0.15, 0.2) is 0 Å². The predicted molar refractivity (Wildman–Crippen MR) is 54.0 cm³/mol. The van der Waals surface area contributed by atoms with E-state index in [0.29, 0.717) is 18.4 Å². The van der Waals surface area contributed by atoms with Gasteiger partial charge in [-0.15, -0.1) is 0 Å². The van der Waals surface area contributed by atoms with Gasteiger partial charge in [0.25, 0.3) is 0 Å². The Morgan fingerprint density at radius 2 is 2.29 bits per heavy atom. The molecule has 0 aromatic heterocycles. The average molecular weight is 200 g/mol. The van der Waals surface area contributed by atoms with Crippen LogP contribution in [-0.2, 0) is 14.3 Å². The smallest absolute Gasteiger partial charge is 0.302 e. The summed E-state index contributed by atoms with van der Waals surface area (Å²) in [5.74, 6) is 1.15. The topological polar surface area (TPSA) is 35.5 Å². The monoisotopic (exact) mass is 200 g/mol. The molecule has 1 saturated heterocycles. The fourth-order valence-electron chi connectivity index (χ4n) is 2.03. The molecule has 1 fully saturated rings. The van der Waals surface area contributed by atoms with Crippen molar-refractivity contribution in [3.63, 3.8) is 0 Å². The Morgan fingerprint density at radius 3 is 2.93 bits per heavy atom. The molecular formula is C11H20O3. The van der Waals surface area contributed by atoms with Gasteiger partial charge in [0, 0.05) is 20.1 Å². The van der Waals surface area contributed by atoms with Crippen molar-refractivity contribution in [1.29, 1.82) is 0 Å². The summed E-state index contributed by atoms with van der Waals surface area (Å²) >= 11 is 0. The largest absolute Gasteiger partial charge is 0.466 e. The van der Waals surface area contributed by atoms with Crippen LogP contribution in [0.2, 0.25) is 0 Å². The molecule has 0 amide bonds. The summed E-state index contributed by atoms with van der Waals surface area (Å²) in [5.41, 5.74) is 0. The van der Waals surface area contributed by atoms with Crippen molar-refractivity contribution < 1.29 is 14.3 Å². The molecule has 0 aromatic carbocycles. The molecule has 1 aliphatic rings. The Hall–Kier alpha value is -0.570. The van der Waals surface area contributed by atoms with Crippen molar-refractivity contribution in [3.8, 4) is 0 Å². The van der Waals surface area contributed by atoms with E-state index in [1.165, 1.54) is 6.92 Å². The van der Waals surface area contributed by atoms with Crippen LogP contribution in [-0.4, -0.2) is 25.8 Å². The summed E-state index contributed by atoms with van der Waals surface area (Å²) in [6.45, 7) is 5.96. The fourth-order valence-corrected chi connectivity index (χ4v) is 2.03. The molecule has 1 heterocycles. The minimum atomic E-state index is -0.176. The van der Waals surface area contributed by atoms with Crippen LogP contribution in [0.1, 0.15) is 33.1 Å². The zero-order valence-electron chi connectivity index (χ0n) is 9.12. The van der Waals surface area contributed by atoms with Gasteiger partial charge in [-0.25, -0.2) is 0 Å². The molecule has 3 heteroatoms. The van der Waals surface area contributed by atoms with Gasteiger partial charge in [0.1, 0.15) is 0 Å². The van der Waals surface area contributed by atoms with Gasteiger partial charge in [0.15, 0.2) is 0 Å². The summed E-state index contributed by atoms with van der Waals surface area (Å²) < 4.78 is 10.4. The lowest BCUT2D eigenvalue weighted by molar-refractivity contribution is -0.141. The highest BCUT2D eigenvalue weighted by Gasteiger charge is 2.23. The van der Waals surface area contributed by atoms with E-state index in [1.807, 2.05) is 0 Å². The van der Waals surface area contributed by atoms with Crippen molar-refractivity contribution in [3.05, 3.63) is 0 Å². The minimum absolute atomic E-state index is 0.176. The number of hydrogen-bond donors (Lipinski definition) is 0. The molecule has 0 aromatic rings. The van der Waals surface area contributed by atoms with Crippen LogP contribution in [0.5, 0.6) is 0 Å². The van der Waals surface area contributed by atoms with Crippen molar-refractivity contribution in [2.24, 2.45) is 11.8 Å². The Morgan fingerprint density at radius 1 is 1.50 bits per heavy atom. The SMILES string of the molecule is CCC1COCCC1CCOC(C)=O. The van der Waals surface area contributed by atoms with Crippen LogP contribution in [0.4, 0.5) is 0 Å². The summed E-state index contributed by atoms with van der Waals surface area (Å²) in [5, 5.41) is 0. The first-order valence-corrected chi connectivity index (χ1v) is 5.45. The van der Waals surface area contributed by atoms with Crippen LogP contribution in [0, 0.1) is 11.8 Å². The summed E-state index contributed by atoms with van der Waals surface area (Å²) in [4.78, 5) is 10.6. The van der Waals surface area contributed by atoms with E-state index in [-0.39, 0.29) is 5.97 Å². The molecule has 0 N–H and O–H groups in total. The second-order valence-corrected chi connectivity index (χ2v) is 3.92. The van der Waals surface area contributed by atoms with E-state index in [4.69, 9.17) is 9.47 Å². The van der Waals surface area contributed by atoms with E-state index in [1.54, 1.807) is 0 Å². The summed E-state index contributed by atoms with van der Waals surface area (Å²) in [6, 6.07) is 0. The van der Waals surface area contributed by atoms with Gasteiger partial charge in [-0.2, -0.15) is 0 Å². The second kappa shape index (κ2) is 6.02. The highest BCUT2D eigenvalue weighted by molar-refractivity contribution is 5.65. The first kappa shape index (κ1) is 11.5. The van der Waals surface area contributed by atoms with Crippen molar-refractivity contribution in [2.45, 2.75) is 33.1 Å². The summed E-state index contributed by atoms with van der Waals surface area (Å²) in [7, 11) is 0. The Kier molecular flexibility index (Phi) is 4.94. The number of carbonyl (C=O) groups is 1. The van der Waals surface area contributed by atoms with E-state index in [9.17, 15) is 4.79 Å².